The third-order valence-electron chi connectivity index (χ3n) is 4.37. The number of anilines is 3. The number of rotatable bonds is 4. The van der Waals surface area contributed by atoms with Gasteiger partial charge in [-0.2, -0.15) is 0 Å². The summed E-state index contributed by atoms with van der Waals surface area (Å²) in [5.74, 6) is 0.434. The lowest BCUT2D eigenvalue weighted by atomic mass is 10.1. The molecule has 0 radical (unpaired) electrons. The molecule has 2 atom stereocenters. The smallest absolute Gasteiger partial charge is 0.255 e. The molecular weight excluding hydrogens is 338 g/mol. The predicted molar refractivity (Wildman–Crippen MR) is 103 cm³/mol. The highest BCUT2D eigenvalue weighted by Crippen LogP contribution is 2.38. The molecule has 5 nitrogen and oxygen atoms in total. The monoisotopic (exact) mass is 359 g/mol. The van der Waals surface area contributed by atoms with Gasteiger partial charge in [0.15, 0.2) is 0 Å². The summed E-state index contributed by atoms with van der Waals surface area (Å²) in [7, 11) is 0. The van der Waals surface area contributed by atoms with Crippen LogP contribution in [0.2, 0.25) is 0 Å². The van der Waals surface area contributed by atoms with E-state index < -0.39 is 0 Å². The zero-order chi connectivity index (χ0) is 17.3. The van der Waals surface area contributed by atoms with E-state index in [-0.39, 0.29) is 30.1 Å². The Morgan fingerprint density at radius 1 is 1.08 bits per heavy atom. The number of aryl methyl sites for hydroxylation is 1. The van der Waals surface area contributed by atoms with Crippen LogP contribution in [0.15, 0.2) is 42.5 Å². The normalized spacial score (nSPS) is 18.0. The second kappa shape index (κ2) is 7.57. The number of carbonyl (C=O) groups is 2. The number of nitrogens with one attached hydrogen (secondary N) is 2. The Morgan fingerprint density at radius 3 is 2.32 bits per heavy atom. The lowest BCUT2D eigenvalue weighted by Crippen LogP contribution is -2.15. The summed E-state index contributed by atoms with van der Waals surface area (Å²) in [6.45, 7) is 3.97. The summed E-state index contributed by atoms with van der Waals surface area (Å²) in [6.07, 6.45) is 0.950. The van der Waals surface area contributed by atoms with Crippen LogP contribution < -0.4 is 16.4 Å². The Morgan fingerprint density at radius 2 is 1.72 bits per heavy atom. The van der Waals surface area contributed by atoms with Gasteiger partial charge in [-0.1, -0.05) is 13.0 Å². The van der Waals surface area contributed by atoms with Crippen LogP contribution in [-0.2, 0) is 4.79 Å². The summed E-state index contributed by atoms with van der Waals surface area (Å²) >= 11 is 0. The Balaban J connectivity index is 0.00000225. The van der Waals surface area contributed by atoms with Gasteiger partial charge < -0.3 is 16.4 Å². The third-order valence-corrected chi connectivity index (χ3v) is 4.37. The van der Waals surface area contributed by atoms with E-state index in [1.807, 2.05) is 13.0 Å². The number of amides is 2. The summed E-state index contributed by atoms with van der Waals surface area (Å²) < 4.78 is 0. The molecule has 1 aliphatic carbocycles. The van der Waals surface area contributed by atoms with Crippen molar-refractivity contribution in [3.8, 4) is 0 Å². The molecule has 0 bridgehead atoms. The first-order chi connectivity index (χ1) is 11.4. The number of nitrogen functional groups attached to an aromatic ring is 1. The van der Waals surface area contributed by atoms with Gasteiger partial charge in [0.25, 0.3) is 5.91 Å². The zero-order valence-corrected chi connectivity index (χ0v) is 15.0. The summed E-state index contributed by atoms with van der Waals surface area (Å²) in [6, 6.07) is 12.3. The van der Waals surface area contributed by atoms with Crippen molar-refractivity contribution in [2.24, 2.45) is 11.8 Å². The van der Waals surface area contributed by atoms with E-state index in [0.717, 1.165) is 12.0 Å². The molecule has 4 N–H and O–H groups in total. The molecule has 0 spiro atoms. The van der Waals surface area contributed by atoms with Gasteiger partial charge in [0.2, 0.25) is 5.91 Å². The maximum Gasteiger partial charge on any atom is 0.255 e. The summed E-state index contributed by atoms with van der Waals surface area (Å²) in [5.41, 5.74) is 9.22. The maximum atomic E-state index is 12.3. The fourth-order valence-corrected chi connectivity index (χ4v) is 2.60. The average Bonchev–Trinajstić information content (AvgIpc) is 3.28. The number of benzene rings is 2. The molecule has 2 unspecified atom stereocenters. The highest BCUT2D eigenvalue weighted by atomic mass is 35.5. The lowest BCUT2D eigenvalue weighted by molar-refractivity contribution is -0.117. The molecule has 0 aliphatic heterocycles. The maximum absolute atomic E-state index is 12.3. The van der Waals surface area contributed by atoms with Crippen LogP contribution in [0.4, 0.5) is 17.1 Å². The van der Waals surface area contributed by atoms with Gasteiger partial charge in [-0.25, -0.2) is 0 Å². The zero-order valence-electron chi connectivity index (χ0n) is 14.2. The van der Waals surface area contributed by atoms with Crippen molar-refractivity contribution in [2.75, 3.05) is 16.4 Å². The van der Waals surface area contributed by atoms with E-state index in [1.165, 1.54) is 0 Å². The summed E-state index contributed by atoms with van der Waals surface area (Å²) in [5, 5.41) is 5.73. The van der Waals surface area contributed by atoms with Crippen LogP contribution in [0.3, 0.4) is 0 Å². The molecule has 1 fully saturated rings. The molecule has 6 heteroatoms. The quantitative estimate of drug-likeness (QED) is 0.725. The molecule has 132 valence electrons. The fraction of sp³-hybridized carbons (Fsp3) is 0.263. The van der Waals surface area contributed by atoms with Gasteiger partial charge in [-0.05, 0) is 61.2 Å². The van der Waals surface area contributed by atoms with Gasteiger partial charge in [-0.3, -0.25) is 9.59 Å². The Hall–Kier alpha value is -2.53. The first-order valence-electron chi connectivity index (χ1n) is 8.02. The molecule has 3 rings (SSSR count). The van der Waals surface area contributed by atoms with Crippen molar-refractivity contribution < 1.29 is 9.59 Å². The van der Waals surface area contributed by atoms with Gasteiger partial charge in [-0.15, -0.1) is 12.4 Å². The van der Waals surface area contributed by atoms with Crippen molar-refractivity contribution >= 4 is 41.3 Å². The van der Waals surface area contributed by atoms with E-state index in [9.17, 15) is 9.59 Å². The molecule has 1 saturated carbocycles. The molecular formula is C19H22ClN3O2. The molecule has 0 saturated heterocycles. The van der Waals surface area contributed by atoms with Crippen LogP contribution in [0, 0.1) is 18.8 Å². The van der Waals surface area contributed by atoms with E-state index in [0.29, 0.717) is 28.5 Å². The number of carbonyl (C=O) groups excluding carboxylic acids is 2. The van der Waals surface area contributed by atoms with Crippen LogP contribution in [0.1, 0.15) is 29.3 Å². The molecule has 0 heterocycles. The number of nitrogens with two attached hydrogens (primary N) is 1. The van der Waals surface area contributed by atoms with Crippen LogP contribution in [0.25, 0.3) is 0 Å². The van der Waals surface area contributed by atoms with Gasteiger partial charge in [0.1, 0.15) is 0 Å². The standard InChI is InChI=1S/C19H21N3O2.ClH/c1-11-3-6-14(20)10-17(11)22-18(23)13-4-7-15(8-5-13)21-19(24)16-9-12(16)2;/h3-8,10,12,16H,9,20H2,1-2H3,(H,21,24)(H,22,23);1H. The Labute approximate surface area is 153 Å². The second-order valence-electron chi connectivity index (χ2n) is 6.41. The molecule has 1 aliphatic rings. The topological polar surface area (TPSA) is 84.2 Å². The van der Waals surface area contributed by atoms with E-state index in [4.69, 9.17) is 5.73 Å². The predicted octanol–water partition coefficient (Wildman–Crippen LogP) is 3.85. The third kappa shape index (κ3) is 4.51. The number of hydrogen-bond donors (Lipinski definition) is 3. The van der Waals surface area contributed by atoms with Crippen LogP contribution in [-0.4, -0.2) is 11.8 Å². The minimum atomic E-state index is -0.211. The highest BCUT2D eigenvalue weighted by molar-refractivity contribution is 6.05. The van der Waals surface area contributed by atoms with Crippen LogP contribution >= 0.6 is 12.4 Å². The SMILES string of the molecule is Cc1ccc(N)cc1NC(=O)c1ccc(NC(=O)C2CC2C)cc1.Cl. The van der Waals surface area contributed by atoms with Gasteiger partial charge in [0.05, 0.1) is 0 Å². The molecule has 0 aromatic heterocycles. The van der Waals surface area contributed by atoms with Crippen LogP contribution in [0.5, 0.6) is 0 Å². The lowest BCUT2D eigenvalue weighted by Gasteiger charge is -2.10. The Kier molecular flexibility index (Phi) is 5.69. The number of halogens is 1. The second-order valence-corrected chi connectivity index (χ2v) is 6.41. The molecule has 2 aromatic carbocycles. The fourth-order valence-electron chi connectivity index (χ4n) is 2.60. The molecule has 2 amide bonds. The van der Waals surface area contributed by atoms with Gasteiger partial charge >= 0.3 is 0 Å². The average molecular weight is 360 g/mol. The van der Waals surface area contributed by atoms with E-state index >= 15 is 0 Å². The largest absolute Gasteiger partial charge is 0.399 e. The molecule has 25 heavy (non-hydrogen) atoms. The van der Waals surface area contributed by atoms with Crippen molar-refractivity contribution in [2.45, 2.75) is 20.3 Å². The summed E-state index contributed by atoms with van der Waals surface area (Å²) in [4.78, 5) is 24.2. The van der Waals surface area contributed by atoms with Gasteiger partial charge in [0, 0.05) is 28.5 Å². The minimum Gasteiger partial charge on any atom is -0.399 e. The van der Waals surface area contributed by atoms with Crippen molar-refractivity contribution in [1.82, 2.24) is 0 Å². The van der Waals surface area contributed by atoms with E-state index in [2.05, 4.69) is 17.6 Å². The first-order valence-corrected chi connectivity index (χ1v) is 8.02. The van der Waals surface area contributed by atoms with E-state index in [1.54, 1.807) is 36.4 Å². The number of hydrogen-bond acceptors (Lipinski definition) is 3. The van der Waals surface area contributed by atoms with Crippen molar-refractivity contribution in [3.05, 3.63) is 53.6 Å². The minimum absolute atomic E-state index is 0. The molecule has 2 aromatic rings. The highest BCUT2D eigenvalue weighted by Gasteiger charge is 2.39. The van der Waals surface area contributed by atoms with Crippen molar-refractivity contribution in [3.63, 3.8) is 0 Å². The first kappa shape index (κ1) is 18.8. The Bertz CT molecular complexity index is 790. The van der Waals surface area contributed by atoms with Crippen molar-refractivity contribution in [1.29, 1.82) is 0 Å².